The van der Waals surface area contributed by atoms with Crippen molar-refractivity contribution < 1.29 is 0 Å². The van der Waals surface area contributed by atoms with Crippen LogP contribution in [0.15, 0.2) is 48.4 Å². The van der Waals surface area contributed by atoms with E-state index in [-0.39, 0.29) is 0 Å². The van der Waals surface area contributed by atoms with Gasteiger partial charge >= 0.3 is 0 Å². The van der Waals surface area contributed by atoms with Gasteiger partial charge in [-0.15, -0.1) is 0 Å². The van der Waals surface area contributed by atoms with Gasteiger partial charge in [-0.3, -0.25) is 0 Å². The average molecular weight is 188 g/mol. The van der Waals surface area contributed by atoms with Gasteiger partial charge in [-0.05, 0) is 18.4 Å². The van der Waals surface area contributed by atoms with Gasteiger partial charge in [0.25, 0.3) is 0 Å². The molecule has 0 aliphatic carbocycles. The van der Waals surface area contributed by atoms with E-state index in [9.17, 15) is 0 Å². The number of nitrogens with one attached hydrogen (secondary N) is 1. The van der Waals surface area contributed by atoms with E-state index >= 15 is 0 Å². The highest BCUT2D eigenvalue weighted by molar-refractivity contribution is 5.25. The standard InChI is InChI=1S/C12H16N2/c1-14-9-5-3-7-12(14)11-6-2-4-8-13-10-11/h2-8,11,13H,9-10H2,1H3. The molecule has 2 heteroatoms. The van der Waals surface area contributed by atoms with Gasteiger partial charge in [-0.1, -0.05) is 24.3 Å². The van der Waals surface area contributed by atoms with Gasteiger partial charge < -0.3 is 10.2 Å². The highest BCUT2D eigenvalue weighted by Crippen LogP contribution is 2.19. The van der Waals surface area contributed by atoms with E-state index in [1.54, 1.807) is 0 Å². The molecule has 1 atom stereocenters. The minimum Gasteiger partial charge on any atom is -0.390 e. The summed E-state index contributed by atoms with van der Waals surface area (Å²) in [4.78, 5) is 2.29. The Morgan fingerprint density at radius 3 is 3.14 bits per heavy atom. The van der Waals surface area contributed by atoms with Crippen LogP contribution in [0, 0.1) is 5.92 Å². The van der Waals surface area contributed by atoms with Crippen LogP contribution in [0.25, 0.3) is 0 Å². The maximum atomic E-state index is 3.28. The van der Waals surface area contributed by atoms with Crippen molar-refractivity contribution in [2.45, 2.75) is 0 Å². The van der Waals surface area contributed by atoms with Crippen LogP contribution in [0.3, 0.4) is 0 Å². The molecule has 0 amide bonds. The molecule has 0 bridgehead atoms. The zero-order valence-electron chi connectivity index (χ0n) is 8.48. The summed E-state index contributed by atoms with van der Waals surface area (Å²) >= 11 is 0. The van der Waals surface area contributed by atoms with Crippen molar-refractivity contribution in [2.75, 3.05) is 20.1 Å². The van der Waals surface area contributed by atoms with Crippen molar-refractivity contribution in [1.82, 2.24) is 10.2 Å². The van der Waals surface area contributed by atoms with Gasteiger partial charge in [0.15, 0.2) is 0 Å². The summed E-state index contributed by atoms with van der Waals surface area (Å²) < 4.78 is 0. The van der Waals surface area contributed by atoms with Gasteiger partial charge in [0.2, 0.25) is 0 Å². The van der Waals surface area contributed by atoms with Crippen LogP contribution >= 0.6 is 0 Å². The number of likely N-dealkylation sites (N-methyl/N-ethyl adjacent to an activating group) is 1. The summed E-state index contributed by atoms with van der Waals surface area (Å²) in [7, 11) is 2.14. The molecule has 0 radical (unpaired) electrons. The Labute approximate surface area is 85.3 Å². The summed E-state index contributed by atoms with van der Waals surface area (Å²) in [6, 6.07) is 0. The van der Waals surface area contributed by atoms with Crippen molar-refractivity contribution in [2.24, 2.45) is 5.92 Å². The molecule has 2 rings (SSSR count). The Morgan fingerprint density at radius 2 is 2.29 bits per heavy atom. The normalized spacial score (nSPS) is 25.6. The quantitative estimate of drug-likeness (QED) is 0.673. The zero-order valence-corrected chi connectivity index (χ0v) is 8.48. The van der Waals surface area contributed by atoms with Crippen LogP contribution in [-0.4, -0.2) is 25.0 Å². The van der Waals surface area contributed by atoms with Crippen molar-refractivity contribution in [1.29, 1.82) is 0 Å². The van der Waals surface area contributed by atoms with Crippen LogP contribution in [0.2, 0.25) is 0 Å². The lowest BCUT2D eigenvalue weighted by atomic mass is 10.0. The van der Waals surface area contributed by atoms with Gasteiger partial charge in [-0.2, -0.15) is 0 Å². The summed E-state index contributed by atoms with van der Waals surface area (Å²) in [5.41, 5.74) is 1.39. The highest BCUT2D eigenvalue weighted by atomic mass is 15.1. The van der Waals surface area contributed by atoms with E-state index in [1.807, 2.05) is 12.3 Å². The molecule has 1 N–H and O–H groups in total. The average Bonchev–Trinajstić information content (AvgIpc) is 2.47. The van der Waals surface area contributed by atoms with Crippen LogP contribution in [-0.2, 0) is 0 Å². The second kappa shape index (κ2) is 4.18. The van der Waals surface area contributed by atoms with E-state index in [0.717, 1.165) is 13.1 Å². The molecule has 0 saturated carbocycles. The second-order valence-electron chi connectivity index (χ2n) is 3.66. The molecule has 2 nitrogen and oxygen atoms in total. The summed E-state index contributed by atoms with van der Waals surface area (Å²) in [5.74, 6) is 0.486. The van der Waals surface area contributed by atoms with Gasteiger partial charge in [-0.25, -0.2) is 0 Å². The summed E-state index contributed by atoms with van der Waals surface area (Å²) in [6.07, 6.45) is 14.9. The summed E-state index contributed by atoms with van der Waals surface area (Å²) in [5, 5.41) is 3.28. The molecule has 14 heavy (non-hydrogen) atoms. The topological polar surface area (TPSA) is 15.3 Å². The first-order chi connectivity index (χ1) is 6.88. The Bertz CT molecular complexity index is 310. The first kappa shape index (κ1) is 9.13. The van der Waals surface area contributed by atoms with Crippen LogP contribution in [0.4, 0.5) is 0 Å². The maximum Gasteiger partial charge on any atom is 0.0356 e. The lowest BCUT2D eigenvalue weighted by Gasteiger charge is -2.28. The number of rotatable bonds is 1. The minimum absolute atomic E-state index is 0.486. The molecule has 2 aliphatic heterocycles. The summed E-state index contributed by atoms with van der Waals surface area (Å²) in [6.45, 7) is 2.00. The molecule has 0 aromatic carbocycles. The number of hydrogen-bond donors (Lipinski definition) is 1. The lowest BCUT2D eigenvalue weighted by molar-refractivity contribution is 0.407. The first-order valence-electron chi connectivity index (χ1n) is 5.02. The molecule has 0 saturated heterocycles. The number of hydrogen-bond acceptors (Lipinski definition) is 2. The number of allylic oxidation sites excluding steroid dienone is 4. The third kappa shape index (κ3) is 1.90. The van der Waals surface area contributed by atoms with Crippen LogP contribution in [0.1, 0.15) is 0 Å². The molecular weight excluding hydrogens is 172 g/mol. The molecule has 2 aliphatic rings. The Kier molecular flexibility index (Phi) is 2.73. The first-order valence-corrected chi connectivity index (χ1v) is 5.02. The Balaban J connectivity index is 2.13. The largest absolute Gasteiger partial charge is 0.390 e. The zero-order chi connectivity index (χ0) is 9.80. The molecule has 1 unspecified atom stereocenters. The van der Waals surface area contributed by atoms with Crippen molar-refractivity contribution in [3.05, 3.63) is 48.4 Å². The fourth-order valence-electron chi connectivity index (χ4n) is 1.81. The predicted octanol–water partition coefficient (Wildman–Crippen LogP) is 1.66. The molecule has 74 valence electrons. The van der Waals surface area contributed by atoms with Gasteiger partial charge in [0, 0.05) is 31.8 Å². The predicted molar refractivity (Wildman–Crippen MR) is 59.6 cm³/mol. The van der Waals surface area contributed by atoms with E-state index < -0.39 is 0 Å². The maximum absolute atomic E-state index is 3.28. The molecule has 2 heterocycles. The molecular formula is C12H16N2. The molecule has 0 aromatic heterocycles. The minimum atomic E-state index is 0.486. The third-order valence-electron chi connectivity index (χ3n) is 2.61. The second-order valence-corrected chi connectivity index (χ2v) is 3.66. The Morgan fingerprint density at radius 1 is 1.36 bits per heavy atom. The van der Waals surface area contributed by atoms with Crippen molar-refractivity contribution in [3.63, 3.8) is 0 Å². The Hall–Kier alpha value is -1.44. The van der Waals surface area contributed by atoms with Crippen LogP contribution in [0.5, 0.6) is 0 Å². The lowest BCUT2D eigenvalue weighted by Crippen LogP contribution is -2.29. The smallest absolute Gasteiger partial charge is 0.0356 e. The molecule has 0 fully saturated rings. The highest BCUT2D eigenvalue weighted by Gasteiger charge is 2.15. The fraction of sp³-hybridized carbons (Fsp3) is 0.333. The van der Waals surface area contributed by atoms with Gasteiger partial charge in [0.05, 0.1) is 0 Å². The van der Waals surface area contributed by atoms with Crippen LogP contribution < -0.4 is 5.32 Å². The fourth-order valence-corrected chi connectivity index (χ4v) is 1.81. The monoisotopic (exact) mass is 188 g/mol. The SMILES string of the molecule is CN1CC=CC=C1C1C=CC=CNC1. The molecule has 0 aromatic rings. The number of nitrogens with zero attached hydrogens (tertiary/aromatic N) is 1. The van der Waals surface area contributed by atoms with Crippen molar-refractivity contribution in [3.8, 4) is 0 Å². The van der Waals surface area contributed by atoms with E-state index in [2.05, 4.69) is 47.6 Å². The van der Waals surface area contributed by atoms with Crippen molar-refractivity contribution >= 4 is 0 Å². The van der Waals surface area contributed by atoms with E-state index in [0.29, 0.717) is 5.92 Å². The third-order valence-corrected chi connectivity index (χ3v) is 2.61. The van der Waals surface area contributed by atoms with E-state index in [1.165, 1.54) is 5.70 Å². The molecule has 0 spiro atoms. The van der Waals surface area contributed by atoms with Gasteiger partial charge in [0.1, 0.15) is 0 Å². The van der Waals surface area contributed by atoms with E-state index in [4.69, 9.17) is 0 Å².